The predicted molar refractivity (Wildman–Crippen MR) is 29.3 cm³/mol. The van der Waals surface area contributed by atoms with Gasteiger partial charge < -0.3 is 5.73 Å². The maximum Gasteiger partial charge on any atom is 0.0721 e. The second-order valence-electron chi connectivity index (χ2n) is 1.11. The van der Waals surface area contributed by atoms with E-state index in [1.807, 2.05) is 6.92 Å². The molecule has 0 rings (SSSR count). The zero-order chi connectivity index (χ0) is 5.54. The summed E-state index contributed by atoms with van der Waals surface area (Å²) in [6.07, 6.45) is 0. The fourth-order valence-corrected chi connectivity index (χ4v) is 0.228. The molecule has 0 aliphatic heterocycles. The Kier molecular flexibility index (Phi) is 5.21. The van der Waals surface area contributed by atoms with Gasteiger partial charge in [-0.1, -0.05) is 0 Å². The normalized spacial score (nSPS) is 10.6. The molecule has 0 saturated heterocycles. The smallest absolute Gasteiger partial charge is 0.0721 e. The first-order valence-electron chi connectivity index (χ1n) is 2.45. The van der Waals surface area contributed by atoms with Gasteiger partial charge >= 0.3 is 0 Å². The highest BCUT2D eigenvalue weighted by molar-refractivity contribution is 4.36. The molecular formula is C4H11N3. The minimum absolute atomic E-state index is 0.601. The third-order valence-electron chi connectivity index (χ3n) is 0.471. The van der Waals surface area contributed by atoms with Crippen molar-refractivity contribution in [2.75, 3.05) is 19.6 Å². The number of nitrogens with zero attached hydrogens (tertiary/aromatic N) is 2. The summed E-state index contributed by atoms with van der Waals surface area (Å²) in [5, 5.41) is 7.41. The second-order valence-corrected chi connectivity index (χ2v) is 1.11. The highest BCUT2D eigenvalue weighted by Gasteiger charge is 1.68. The van der Waals surface area contributed by atoms with Crippen molar-refractivity contribution in [3.8, 4) is 0 Å². The van der Waals surface area contributed by atoms with Gasteiger partial charge in [0.1, 0.15) is 0 Å². The van der Waals surface area contributed by atoms with Gasteiger partial charge in [0, 0.05) is 6.54 Å². The Labute approximate surface area is 43.6 Å². The minimum atomic E-state index is 0.601. The van der Waals surface area contributed by atoms with Crippen molar-refractivity contribution >= 4 is 0 Å². The number of nitrogens with two attached hydrogens (primary N) is 1. The van der Waals surface area contributed by atoms with Crippen molar-refractivity contribution in [2.45, 2.75) is 6.92 Å². The van der Waals surface area contributed by atoms with E-state index < -0.39 is 0 Å². The van der Waals surface area contributed by atoms with Crippen LogP contribution >= 0.6 is 0 Å². The van der Waals surface area contributed by atoms with E-state index in [9.17, 15) is 0 Å². The van der Waals surface area contributed by atoms with E-state index in [-0.39, 0.29) is 0 Å². The van der Waals surface area contributed by atoms with E-state index in [4.69, 9.17) is 5.73 Å². The van der Waals surface area contributed by atoms with Crippen LogP contribution in [0.2, 0.25) is 0 Å². The van der Waals surface area contributed by atoms with Crippen LogP contribution in [0.25, 0.3) is 0 Å². The van der Waals surface area contributed by atoms with Gasteiger partial charge in [-0.05, 0) is 6.92 Å². The van der Waals surface area contributed by atoms with Crippen molar-refractivity contribution in [3.63, 3.8) is 0 Å². The van der Waals surface area contributed by atoms with E-state index in [1.54, 1.807) is 0 Å². The molecule has 0 unspecified atom stereocenters. The molecule has 0 spiro atoms. The third-order valence-corrected chi connectivity index (χ3v) is 0.471. The van der Waals surface area contributed by atoms with Crippen LogP contribution in [0.3, 0.4) is 0 Å². The van der Waals surface area contributed by atoms with Gasteiger partial charge in [0.15, 0.2) is 0 Å². The predicted octanol–water partition coefficient (Wildman–Crippen LogP) is 0.417. The molecule has 2 N–H and O–H groups in total. The van der Waals surface area contributed by atoms with Crippen LogP contribution in [0.5, 0.6) is 0 Å². The summed E-state index contributed by atoms with van der Waals surface area (Å²) in [7, 11) is 0. The molecule has 0 heterocycles. The van der Waals surface area contributed by atoms with Gasteiger partial charge in [0.2, 0.25) is 0 Å². The maximum atomic E-state index is 5.12. The largest absolute Gasteiger partial charge is 0.329 e. The van der Waals surface area contributed by atoms with Crippen molar-refractivity contribution in [2.24, 2.45) is 16.0 Å². The van der Waals surface area contributed by atoms with Crippen molar-refractivity contribution in [3.05, 3.63) is 0 Å². The maximum absolute atomic E-state index is 5.12. The molecule has 0 bridgehead atoms. The minimum Gasteiger partial charge on any atom is -0.329 e. The van der Waals surface area contributed by atoms with Crippen LogP contribution < -0.4 is 5.73 Å². The average molecular weight is 101 g/mol. The van der Waals surface area contributed by atoms with Crippen LogP contribution in [0.15, 0.2) is 10.2 Å². The van der Waals surface area contributed by atoms with Crippen LogP contribution in [0.1, 0.15) is 6.92 Å². The van der Waals surface area contributed by atoms with E-state index in [2.05, 4.69) is 10.2 Å². The molecule has 0 saturated carbocycles. The molecule has 0 aliphatic carbocycles. The third kappa shape index (κ3) is 5.56. The lowest BCUT2D eigenvalue weighted by atomic mass is 10.7. The summed E-state index contributed by atoms with van der Waals surface area (Å²) in [5.41, 5.74) is 5.12. The zero-order valence-corrected chi connectivity index (χ0v) is 4.59. The van der Waals surface area contributed by atoms with Gasteiger partial charge in [0.05, 0.1) is 13.1 Å². The SMILES string of the molecule is CCN=NCCN. The molecule has 0 radical (unpaired) electrons. The number of rotatable bonds is 3. The van der Waals surface area contributed by atoms with Crippen LogP contribution in [0.4, 0.5) is 0 Å². The van der Waals surface area contributed by atoms with Crippen LogP contribution in [-0.2, 0) is 0 Å². The monoisotopic (exact) mass is 101 g/mol. The Hall–Kier alpha value is -0.440. The van der Waals surface area contributed by atoms with Crippen molar-refractivity contribution in [1.82, 2.24) is 0 Å². The van der Waals surface area contributed by atoms with E-state index in [0.717, 1.165) is 6.54 Å². The molecule has 0 aromatic heterocycles. The first kappa shape index (κ1) is 6.56. The van der Waals surface area contributed by atoms with E-state index in [0.29, 0.717) is 13.1 Å². The summed E-state index contributed by atoms with van der Waals surface area (Å²) in [4.78, 5) is 0. The Morgan fingerprint density at radius 1 is 1.43 bits per heavy atom. The lowest BCUT2D eigenvalue weighted by Gasteiger charge is -1.80. The molecule has 0 atom stereocenters. The first-order chi connectivity index (χ1) is 3.41. The molecule has 0 amide bonds. The molecular weight excluding hydrogens is 90.1 g/mol. The number of hydrogen-bond acceptors (Lipinski definition) is 3. The summed E-state index contributed by atoms with van der Waals surface area (Å²) >= 11 is 0. The summed E-state index contributed by atoms with van der Waals surface area (Å²) in [6, 6.07) is 0. The zero-order valence-electron chi connectivity index (χ0n) is 4.59. The average Bonchev–Trinajstić information content (AvgIpc) is 1.69. The molecule has 42 valence electrons. The van der Waals surface area contributed by atoms with Crippen LogP contribution in [0, 0.1) is 0 Å². The fraction of sp³-hybridized carbons (Fsp3) is 1.00. The fourth-order valence-electron chi connectivity index (χ4n) is 0.228. The van der Waals surface area contributed by atoms with Gasteiger partial charge in [-0.15, -0.1) is 0 Å². The summed E-state index contributed by atoms with van der Waals surface area (Å²) in [6.45, 7) is 3.97. The topological polar surface area (TPSA) is 50.7 Å². The summed E-state index contributed by atoms with van der Waals surface area (Å²) < 4.78 is 0. The molecule has 3 heteroatoms. The van der Waals surface area contributed by atoms with Gasteiger partial charge in [0.25, 0.3) is 0 Å². The Morgan fingerprint density at radius 3 is 2.57 bits per heavy atom. The second kappa shape index (κ2) is 5.56. The highest BCUT2D eigenvalue weighted by atomic mass is 15.1. The standard InChI is InChI=1S/C4H11N3/c1-2-6-7-4-3-5/h2-5H2,1H3. The Bertz CT molecular complexity index is 50.9. The van der Waals surface area contributed by atoms with Gasteiger partial charge in [-0.2, -0.15) is 10.2 Å². The van der Waals surface area contributed by atoms with Crippen LogP contribution in [-0.4, -0.2) is 19.6 Å². The molecule has 3 nitrogen and oxygen atoms in total. The molecule has 0 aliphatic rings. The van der Waals surface area contributed by atoms with Crippen molar-refractivity contribution < 1.29 is 0 Å². The van der Waals surface area contributed by atoms with E-state index >= 15 is 0 Å². The van der Waals surface area contributed by atoms with Gasteiger partial charge in [-0.3, -0.25) is 0 Å². The van der Waals surface area contributed by atoms with E-state index in [1.165, 1.54) is 0 Å². The lowest BCUT2D eigenvalue weighted by molar-refractivity contribution is 0.856. The summed E-state index contributed by atoms with van der Waals surface area (Å²) in [5.74, 6) is 0. The number of azo groups is 1. The Morgan fingerprint density at radius 2 is 2.14 bits per heavy atom. The van der Waals surface area contributed by atoms with Crippen molar-refractivity contribution in [1.29, 1.82) is 0 Å². The number of hydrogen-bond donors (Lipinski definition) is 1. The Balaban J connectivity index is 2.78. The quantitative estimate of drug-likeness (QED) is 0.514. The molecule has 0 aromatic carbocycles. The molecule has 0 fully saturated rings. The molecule has 7 heavy (non-hydrogen) atoms. The van der Waals surface area contributed by atoms with Gasteiger partial charge in [-0.25, -0.2) is 0 Å². The lowest BCUT2D eigenvalue weighted by Crippen LogP contribution is -2.01. The molecule has 0 aromatic rings. The highest BCUT2D eigenvalue weighted by Crippen LogP contribution is 1.70. The first-order valence-corrected chi connectivity index (χ1v) is 2.45.